The lowest BCUT2D eigenvalue weighted by Gasteiger charge is -2.23. The molecule has 74 heavy (non-hydrogen) atoms. The predicted molar refractivity (Wildman–Crippen MR) is 314 cm³/mol. The van der Waals surface area contributed by atoms with Crippen LogP contribution in [0.4, 0.5) is 8.63 Å². The van der Waals surface area contributed by atoms with E-state index in [1.807, 2.05) is 65.9 Å². The Hall–Kier alpha value is -7.67. The van der Waals surface area contributed by atoms with Crippen LogP contribution in [0.2, 0.25) is 0 Å². The molecule has 0 radical (unpaired) electrons. The maximum absolute atomic E-state index is 16.9. The first kappa shape index (κ1) is 48.6. The van der Waals surface area contributed by atoms with E-state index in [0.717, 1.165) is 72.5 Å². The van der Waals surface area contributed by atoms with Crippen molar-refractivity contribution < 1.29 is 8.63 Å². The molecule has 0 spiro atoms. The van der Waals surface area contributed by atoms with E-state index in [0.29, 0.717) is 33.8 Å². The highest BCUT2D eigenvalue weighted by Gasteiger charge is 2.37. The number of hydrogen-bond acceptors (Lipinski definition) is 2. The second-order valence-electron chi connectivity index (χ2n) is 21.9. The predicted octanol–water partition coefficient (Wildman–Crippen LogP) is 19.0. The zero-order valence-electron chi connectivity index (χ0n) is 43.6. The van der Waals surface area contributed by atoms with Crippen molar-refractivity contribution in [1.29, 1.82) is 0 Å². The minimum atomic E-state index is -2.90. The van der Waals surface area contributed by atoms with Crippen molar-refractivity contribution in [2.75, 3.05) is 0 Å². The zero-order valence-corrected chi connectivity index (χ0v) is 44.4. The number of benzene rings is 8. The fourth-order valence-corrected chi connectivity index (χ4v) is 12.3. The fraction of sp³-hybridized carbons (Fsp3) is 0.162. The maximum Gasteiger partial charge on any atom is 0.678 e. The Bertz CT molecular complexity index is 3840. The standard InChI is InChI=1S/C68H59BF2N2S/c1-42-39-43(2)59(44(3)40-42)62(65-56(45-19-12-10-13-20-45)41-57(73(65)69(70)71)47-31-35-51(36-32-47)67(4,5)6)64-61(48-21-14-11-15-22-48)60(63(72-64)50-33-37-52(38-34-50)68(7,8)9)49-29-27-46(28-30-49)53-24-18-25-55-54-23-16-17-26-58(54)74-66(53)55/h10-41H,1-9H3/b64-62-. The molecule has 0 amide bonds. The number of hydrogen-bond donors (Lipinski definition) is 0. The molecule has 0 saturated heterocycles. The summed E-state index contributed by atoms with van der Waals surface area (Å²) in [5.74, 6) is 0. The normalized spacial score (nSPS) is 13.8. The number of fused-ring (bicyclic) bond motifs is 3. The molecule has 3 heterocycles. The van der Waals surface area contributed by atoms with E-state index in [1.54, 1.807) is 0 Å². The van der Waals surface area contributed by atoms with Crippen molar-refractivity contribution in [1.82, 2.24) is 4.48 Å². The van der Waals surface area contributed by atoms with Crippen molar-refractivity contribution >= 4 is 61.3 Å². The van der Waals surface area contributed by atoms with Gasteiger partial charge in [-0.2, -0.15) is 0 Å². The molecule has 0 N–H and O–H groups in total. The van der Waals surface area contributed by atoms with E-state index in [1.165, 1.54) is 35.8 Å². The lowest BCUT2D eigenvalue weighted by atomic mass is 9.83. The van der Waals surface area contributed by atoms with Crippen LogP contribution in [0, 0.1) is 20.8 Å². The zero-order chi connectivity index (χ0) is 51.6. The number of allylic oxidation sites excluding steroid dienone is 2. The molecule has 1 aliphatic rings. The van der Waals surface area contributed by atoms with E-state index < -0.39 is 7.40 Å². The summed E-state index contributed by atoms with van der Waals surface area (Å²) in [4.78, 5) is 5.89. The smallest absolute Gasteiger partial charge is 0.324 e. The summed E-state index contributed by atoms with van der Waals surface area (Å²) in [5.41, 5.74) is 18.3. The average molecular weight is 985 g/mol. The second-order valence-corrected chi connectivity index (χ2v) is 22.9. The van der Waals surface area contributed by atoms with Gasteiger partial charge >= 0.3 is 7.40 Å². The number of aromatic nitrogens is 1. The van der Waals surface area contributed by atoms with E-state index in [2.05, 4.69) is 202 Å². The fourth-order valence-electron chi connectivity index (χ4n) is 11.0. The van der Waals surface area contributed by atoms with Gasteiger partial charge in [-0.05, 0) is 105 Å². The summed E-state index contributed by atoms with van der Waals surface area (Å²) >= 11 is 1.83. The first-order valence-electron chi connectivity index (χ1n) is 25.6. The minimum Gasteiger partial charge on any atom is -0.324 e. The highest BCUT2D eigenvalue weighted by molar-refractivity contribution is 7.26. The van der Waals surface area contributed by atoms with Gasteiger partial charge in [0.05, 0.1) is 17.1 Å². The third-order valence-electron chi connectivity index (χ3n) is 14.7. The van der Waals surface area contributed by atoms with Crippen LogP contribution < -0.4 is 0 Å². The van der Waals surface area contributed by atoms with Crippen LogP contribution in [-0.2, 0) is 10.8 Å². The Morgan fingerprint density at radius 3 is 1.58 bits per heavy atom. The van der Waals surface area contributed by atoms with Gasteiger partial charge in [0.2, 0.25) is 0 Å². The van der Waals surface area contributed by atoms with Crippen LogP contribution in [0.25, 0.3) is 70.4 Å². The number of aryl methyl sites for hydroxylation is 3. The molecule has 2 aromatic heterocycles. The molecule has 0 aliphatic carbocycles. The molecule has 2 nitrogen and oxygen atoms in total. The SMILES string of the molecule is Cc1cc(C)c(/C(=C2/N=C(c3ccc(C(C)(C)C)cc3)C(c3ccc(-c4cccc5c4sc4ccccc45)cc3)=C2c2ccccc2)c2c(-c3ccccc3)cc(-c3ccc(C(C)(C)C)cc3)n2B(F)F)c(C)c1. The van der Waals surface area contributed by atoms with Gasteiger partial charge in [0.15, 0.2) is 0 Å². The monoisotopic (exact) mass is 984 g/mol. The van der Waals surface area contributed by atoms with Crippen molar-refractivity contribution in [3.63, 3.8) is 0 Å². The van der Waals surface area contributed by atoms with Gasteiger partial charge in [0.25, 0.3) is 0 Å². The summed E-state index contributed by atoms with van der Waals surface area (Å²) in [7, 11) is -2.90. The van der Waals surface area contributed by atoms with Gasteiger partial charge in [-0.3, -0.25) is 8.63 Å². The first-order chi connectivity index (χ1) is 35.5. The summed E-state index contributed by atoms with van der Waals surface area (Å²) in [5, 5.41) is 2.52. The van der Waals surface area contributed by atoms with Gasteiger partial charge in [0.1, 0.15) is 0 Å². The molecular formula is C68H59BF2N2S. The Morgan fingerprint density at radius 1 is 0.486 bits per heavy atom. The van der Waals surface area contributed by atoms with Crippen molar-refractivity contribution in [2.45, 2.75) is 73.1 Å². The van der Waals surface area contributed by atoms with Crippen LogP contribution >= 0.6 is 11.3 Å². The Labute approximate surface area is 439 Å². The molecular weight excluding hydrogens is 926 g/mol. The number of aliphatic imine (C=N–C) groups is 1. The van der Waals surface area contributed by atoms with Gasteiger partial charge in [0, 0.05) is 53.7 Å². The molecule has 8 aromatic carbocycles. The van der Waals surface area contributed by atoms with Crippen molar-refractivity contribution in [3.8, 4) is 33.5 Å². The molecule has 6 heteroatoms. The number of thiophene rings is 1. The van der Waals surface area contributed by atoms with Gasteiger partial charge in [-0.15, -0.1) is 11.3 Å². The number of rotatable bonds is 9. The Kier molecular flexibility index (Phi) is 12.5. The molecule has 1 aliphatic heterocycles. The number of halogens is 2. The van der Waals surface area contributed by atoms with Crippen LogP contribution in [0.3, 0.4) is 0 Å². The third kappa shape index (κ3) is 8.79. The average Bonchev–Trinajstić information content (AvgIpc) is 4.11. The van der Waals surface area contributed by atoms with E-state index in [4.69, 9.17) is 4.99 Å². The van der Waals surface area contributed by atoms with Crippen LogP contribution in [-0.4, -0.2) is 17.6 Å². The van der Waals surface area contributed by atoms with E-state index >= 15 is 8.63 Å². The molecule has 10 aromatic rings. The lowest BCUT2D eigenvalue weighted by Crippen LogP contribution is -2.19. The van der Waals surface area contributed by atoms with Crippen molar-refractivity contribution in [2.24, 2.45) is 4.99 Å². The largest absolute Gasteiger partial charge is 0.678 e. The first-order valence-corrected chi connectivity index (χ1v) is 26.4. The molecule has 0 saturated carbocycles. The lowest BCUT2D eigenvalue weighted by molar-refractivity contribution is 0.590. The molecule has 364 valence electrons. The minimum absolute atomic E-state index is 0.0744. The molecule has 0 bridgehead atoms. The van der Waals surface area contributed by atoms with E-state index in [9.17, 15) is 0 Å². The van der Waals surface area contributed by atoms with Crippen LogP contribution in [0.15, 0.2) is 205 Å². The van der Waals surface area contributed by atoms with Gasteiger partial charge < -0.3 is 4.48 Å². The second kappa shape index (κ2) is 19.0. The third-order valence-corrected chi connectivity index (χ3v) is 15.9. The highest BCUT2D eigenvalue weighted by Crippen LogP contribution is 2.51. The molecule has 11 rings (SSSR count). The van der Waals surface area contributed by atoms with Gasteiger partial charge in [-0.1, -0.05) is 229 Å². The summed E-state index contributed by atoms with van der Waals surface area (Å²) in [6.45, 7) is 19.5. The summed E-state index contributed by atoms with van der Waals surface area (Å²) < 4.78 is 37.5. The molecule has 0 atom stereocenters. The topological polar surface area (TPSA) is 17.3 Å². The summed E-state index contributed by atoms with van der Waals surface area (Å²) in [6, 6.07) is 67.7. The van der Waals surface area contributed by atoms with Crippen LogP contribution in [0.5, 0.6) is 0 Å². The molecule has 0 unspecified atom stereocenters. The Morgan fingerprint density at radius 2 is 0.986 bits per heavy atom. The van der Waals surface area contributed by atoms with Gasteiger partial charge in [-0.25, -0.2) is 4.99 Å². The number of nitrogens with zero attached hydrogens (tertiary/aromatic N) is 2. The molecule has 0 fully saturated rings. The maximum atomic E-state index is 16.9. The Balaban J connectivity index is 1.27. The van der Waals surface area contributed by atoms with E-state index in [-0.39, 0.29) is 10.8 Å². The van der Waals surface area contributed by atoms with Crippen LogP contribution in [0.1, 0.15) is 97.3 Å². The van der Waals surface area contributed by atoms with Crippen molar-refractivity contribution in [3.05, 3.63) is 256 Å². The quantitative estimate of drug-likeness (QED) is 0.128. The summed E-state index contributed by atoms with van der Waals surface area (Å²) in [6.07, 6.45) is 0. The highest BCUT2D eigenvalue weighted by atomic mass is 32.1.